The van der Waals surface area contributed by atoms with Gasteiger partial charge in [-0.25, -0.2) is 0 Å². The molecule has 1 aliphatic carbocycles. The summed E-state index contributed by atoms with van der Waals surface area (Å²) >= 11 is 3.03. The molecule has 1 aliphatic rings. The lowest BCUT2D eigenvalue weighted by molar-refractivity contribution is -0.118. The SMILES string of the molecule is Cn1c(SCC(=O)NCCCOCC2CC2)nnc1-c1cccs1. The van der Waals surface area contributed by atoms with Crippen LogP contribution in [0.15, 0.2) is 22.7 Å². The Hall–Kier alpha value is -1.38. The molecule has 2 aromatic heterocycles. The lowest BCUT2D eigenvalue weighted by Gasteiger charge is -2.06. The van der Waals surface area contributed by atoms with Crippen molar-refractivity contribution in [1.29, 1.82) is 0 Å². The van der Waals surface area contributed by atoms with Crippen molar-refractivity contribution < 1.29 is 9.53 Å². The number of thioether (sulfide) groups is 1. The minimum absolute atomic E-state index is 0.0165. The number of aromatic nitrogens is 3. The Bertz CT molecular complexity index is 653. The summed E-state index contributed by atoms with van der Waals surface area (Å²) in [6.45, 7) is 2.25. The molecule has 0 bridgehead atoms. The first-order valence-corrected chi connectivity index (χ1v) is 10.0. The molecule has 130 valence electrons. The van der Waals surface area contributed by atoms with Crippen molar-refractivity contribution in [2.45, 2.75) is 24.4 Å². The van der Waals surface area contributed by atoms with E-state index in [0.29, 0.717) is 12.3 Å². The molecule has 24 heavy (non-hydrogen) atoms. The van der Waals surface area contributed by atoms with Crippen LogP contribution in [0.4, 0.5) is 0 Å². The maximum atomic E-state index is 11.9. The molecule has 0 aromatic carbocycles. The van der Waals surface area contributed by atoms with Gasteiger partial charge in [-0.1, -0.05) is 17.8 Å². The van der Waals surface area contributed by atoms with Crippen molar-refractivity contribution >= 4 is 29.0 Å². The summed E-state index contributed by atoms with van der Waals surface area (Å²) in [7, 11) is 1.92. The number of nitrogens with zero attached hydrogens (tertiary/aromatic N) is 3. The number of carbonyl (C=O) groups excluding carboxylic acids is 1. The summed E-state index contributed by atoms with van der Waals surface area (Å²) in [5.41, 5.74) is 0. The largest absolute Gasteiger partial charge is 0.381 e. The lowest BCUT2D eigenvalue weighted by atomic mass is 10.4. The Balaban J connectivity index is 1.34. The zero-order valence-corrected chi connectivity index (χ0v) is 15.4. The van der Waals surface area contributed by atoms with Gasteiger partial charge in [-0.3, -0.25) is 4.79 Å². The number of rotatable bonds is 10. The summed E-state index contributed by atoms with van der Waals surface area (Å²) in [4.78, 5) is 13.0. The van der Waals surface area contributed by atoms with Crippen molar-refractivity contribution in [2.24, 2.45) is 13.0 Å². The van der Waals surface area contributed by atoms with Gasteiger partial charge in [0.25, 0.3) is 0 Å². The third-order valence-electron chi connectivity index (χ3n) is 3.75. The van der Waals surface area contributed by atoms with E-state index in [1.165, 1.54) is 24.6 Å². The van der Waals surface area contributed by atoms with Crippen LogP contribution in [0.2, 0.25) is 0 Å². The van der Waals surface area contributed by atoms with Crippen LogP contribution in [0.1, 0.15) is 19.3 Å². The van der Waals surface area contributed by atoms with Crippen LogP contribution in [0, 0.1) is 5.92 Å². The molecule has 0 radical (unpaired) electrons. The van der Waals surface area contributed by atoms with E-state index in [9.17, 15) is 4.79 Å². The lowest BCUT2D eigenvalue weighted by Crippen LogP contribution is -2.27. The summed E-state index contributed by atoms with van der Waals surface area (Å²) in [6, 6.07) is 4.00. The molecule has 2 aromatic rings. The fourth-order valence-corrected chi connectivity index (χ4v) is 3.66. The van der Waals surface area contributed by atoms with Crippen LogP contribution >= 0.6 is 23.1 Å². The van der Waals surface area contributed by atoms with Crippen LogP contribution < -0.4 is 5.32 Å². The van der Waals surface area contributed by atoms with Crippen molar-refractivity contribution in [3.63, 3.8) is 0 Å². The number of nitrogens with one attached hydrogen (secondary N) is 1. The van der Waals surface area contributed by atoms with Crippen molar-refractivity contribution in [2.75, 3.05) is 25.5 Å². The number of carbonyl (C=O) groups is 1. The molecule has 0 aliphatic heterocycles. The van der Waals surface area contributed by atoms with Gasteiger partial charge in [0.05, 0.1) is 10.6 Å². The number of amides is 1. The van der Waals surface area contributed by atoms with Crippen molar-refractivity contribution in [3.05, 3.63) is 17.5 Å². The van der Waals surface area contributed by atoms with Crippen LogP contribution in [-0.2, 0) is 16.6 Å². The van der Waals surface area contributed by atoms with Crippen LogP contribution in [0.5, 0.6) is 0 Å². The predicted molar refractivity (Wildman–Crippen MR) is 96.2 cm³/mol. The summed E-state index contributed by atoms with van der Waals surface area (Å²) < 4.78 is 7.47. The van der Waals surface area contributed by atoms with E-state index in [1.54, 1.807) is 11.3 Å². The number of ether oxygens (including phenoxy) is 1. The van der Waals surface area contributed by atoms with E-state index in [0.717, 1.165) is 41.4 Å². The normalized spacial score (nSPS) is 14.0. The Morgan fingerprint density at radius 2 is 2.38 bits per heavy atom. The second-order valence-electron chi connectivity index (χ2n) is 5.85. The second kappa shape index (κ2) is 8.64. The second-order valence-corrected chi connectivity index (χ2v) is 7.74. The smallest absolute Gasteiger partial charge is 0.230 e. The quantitative estimate of drug-likeness (QED) is 0.517. The predicted octanol–water partition coefficient (Wildman–Crippen LogP) is 2.57. The molecule has 1 N–H and O–H groups in total. The average Bonchev–Trinajstić information content (AvgIpc) is 3.10. The highest BCUT2D eigenvalue weighted by molar-refractivity contribution is 7.99. The molecular weight excluding hydrogens is 344 g/mol. The van der Waals surface area contributed by atoms with Gasteiger partial charge in [0.15, 0.2) is 11.0 Å². The fraction of sp³-hybridized carbons (Fsp3) is 0.562. The Morgan fingerprint density at radius 1 is 1.50 bits per heavy atom. The monoisotopic (exact) mass is 366 g/mol. The van der Waals surface area contributed by atoms with Crippen LogP contribution in [-0.4, -0.2) is 46.2 Å². The highest BCUT2D eigenvalue weighted by Crippen LogP contribution is 2.28. The minimum Gasteiger partial charge on any atom is -0.381 e. The van der Waals surface area contributed by atoms with Crippen molar-refractivity contribution in [1.82, 2.24) is 20.1 Å². The molecule has 1 saturated carbocycles. The molecule has 0 unspecified atom stereocenters. The number of hydrogen-bond donors (Lipinski definition) is 1. The molecular formula is C16H22N4O2S2. The Labute approximate surface area is 150 Å². The zero-order valence-electron chi connectivity index (χ0n) is 13.7. The van der Waals surface area contributed by atoms with E-state index in [-0.39, 0.29) is 5.91 Å². The fourth-order valence-electron chi connectivity index (χ4n) is 2.18. The van der Waals surface area contributed by atoms with Gasteiger partial charge in [-0.2, -0.15) is 0 Å². The van der Waals surface area contributed by atoms with Crippen molar-refractivity contribution in [3.8, 4) is 10.7 Å². The molecule has 8 heteroatoms. The number of hydrogen-bond acceptors (Lipinski definition) is 6. The van der Waals surface area contributed by atoms with Gasteiger partial charge >= 0.3 is 0 Å². The molecule has 1 fully saturated rings. The van der Waals surface area contributed by atoms with Gasteiger partial charge in [-0.15, -0.1) is 21.5 Å². The molecule has 3 rings (SSSR count). The first-order valence-electron chi connectivity index (χ1n) is 8.14. The third kappa shape index (κ3) is 5.06. The molecule has 2 heterocycles. The molecule has 0 atom stereocenters. The average molecular weight is 367 g/mol. The van der Waals surface area contributed by atoms with E-state index >= 15 is 0 Å². The van der Waals surface area contributed by atoms with E-state index in [2.05, 4.69) is 15.5 Å². The van der Waals surface area contributed by atoms with Gasteiger partial charge in [0.1, 0.15) is 0 Å². The maximum Gasteiger partial charge on any atom is 0.230 e. The van der Waals surface area contributed by atoms with Crippen LogP contribution in [0.3, 0.4) is 0 Å². The highest BCUT2D eigenvalue weighted by Gasteiger charge is 2.20. The Morgan fingerprint density at radius 3 is 3.12 bits per heavy atom. The number of thiophene rings is 1. The molecule has 6 nitrogen and oxygen atoms in total. The molecule has 1 amide bonds. The first-order chi connectivity index (χ1) is 11.7. The van der Waals surface area contributed by atoms with E-state index in [1.807, 2.05) is 29.1 Å². The highest BCUT2D eigenvalue weighted by atomic mass is 32.2. The summed E-state index contributed by atoms with van der Waals surface area (Å²) in [5, 5.41) is 14.1. The van der Waals surface area contributed by atoms with Crippen LogP contribution in [0.25, 0.3) is 10.7 Å². The van der Waals surface area contributed by atoms with Gasteiger partial charge < -0.3 is 14.6 Å². The molecule has 0 spiro atoms. The first kappa shape index (κ1) is 17.4. The standard InChI is InChI=1S/C16H22N4O2S2/c1-20-15(13-4-2-9-23-13)18-19-16(20)24-11-14(21)17-7-3-8-22-10-12-5-6-12/h2,4,9,12H,3,5-8,10-11H2,1H3,(H,17,21). The van der Waals surface area contributed by atoms with E-state index in [4.69, 9.17) is 4.74 Å². The van der Waals surface area contributed by atoms with Gasteiger partial charge in [0, 0.05) is 26.8 Å². The van der Waals surface area contributed by atoms with Gasteiger partial charge in [0.2, 0.25) is 5.91 Å². The van der Waals surface area contributed by atoms with Gasteiger partial charge in [-0.05, 0) is 36.6 Å². The minimum atomic E-state index is 0.0165. The Kier molecular flexibility index (Phi) is 6.28. The maximum absolute atomic E-state index is 11.9. The third-order valence-corrected chi connectivity index (χ3v) is 5.63. The summed E-state index contributed by atoms with van der Waals surface area (Å²) in [5.74, 6) is 1.99. The van der Waals surface area contributed by atoms with E-state index < -0.39 is 0 Å². The molecule has 0 saturated heterocycles. The zero-order chi connectivity index (χ0) is 16.8. The topological polar surface area (TPSA) is 69.0 Å². The summed E-state index contributed by atoms with van der Waals surface area (Å²) in [6.07, 6.45) is 3.48.